The van der Waals surface area contributed by atoms with E-state index in [-0.39, 0.29) is 53.4 Å². The van der Waals surface area contributed by atoms with Gasteiger partial charge in [-0.3, -0.25) is 9.59 Å². The Balaban J connectivity index is 1.34. The summed E-state index contributed by atoms with van der Waals surface area (Å²) in [4.78, 5) is 26.1. The molecular formula is C34H54O5. The van der Waals surface area contributed by atoms with Crippen molar-refractivity contribution in [1.29, 1.82) is 0 Å². The molecule has 0 aromatic carbocycles. The molecular weight excluding hydrogens is 488 g/mol. The molecule has 4 rings (SSSR count). The average Bonchev–Trinajstić information content (AvgIpc) is 3.26. The van der Waals surface area contributed by atoms with Crippen molar-refractivity contribution in [3.63, 3.8) is 0 Å². The molecule has 4 aliphatic rings. The van der Waals surface area contributed by atoms with Crippen LogP contribution in [0.3, 0.4) is 0 Å². The van der Waals surface area contributed by atoms with Gasteiger partial charge in [0.2, 0.25) is 0 Å². The number of aliphatic hydroxyl groups is 2. The van der Waals surface area contributed by atoms with Crippen LogP contribution < -0.4 is 0 Å². The van der Waals surface area contributed by atoms with Gasteiger partial charge in [0.25, 0.3) is 0 Å². The summed E-state index contributed by atoms with van der Waals surface area (Å²) in [6.45, 7) is 10.3. The zero-order valence-corrected chi connectivity index (χ0v) is 25.3. The third-order valence-electron chi connectivity index (χ3n) is 11.1. The zero-order valence-electron chi connectivity index (χ0n) is 25.3. The predicted molar refractivity (Wildman–Crippen MR) is 155 cm³/mol. The quantitative estimate of drug-likeness (QED) is 0.139. The van der Waals surface area contributed by atoms with Crippen molar-refractivity contribution in [1.82, 2.24) is 0 Å². The van der Waals surface area contributed by atoms with Gasteiger partial charge in [-0.25, -0.2) is 0 Å². The number of esters is 1. The number of carbonyl (C=O) groups excluding carboxylic acids is 2. The lowest BCUT2D eigenvalue weighted by Gasteiger charge is -2.49. The first-order chi connectivity index (χ1) is 18.5. The van der Waals surface area contributed by atoms with E-state index in [0.29, 0.717) is 24.8 Å². The van der Waals surface area contributed by atoms with E-state index < -0.39 is 11.2 Å². The number of hydrogen-bond acceptors (Lipinski definition) is 5. The molecule has 0 saturated heterocycles. The minimum atomic E-state index is -1.10. The summed E-state index contributed by atoms with van der Waals surface area (Å²) in [6.07, 6.45) is 19.3. The monoisotopic (exact) mass is 542 g/mol. The molecule has 0 aromatic heterocycles. The molecule has 0 amide bonds. The van der Waals surface area contributed by atoms with Gasteiger partial charge >= 0.3 is 5.97 Å². The number of ether oxygens (including phenoxy) is 1. The van der Waals surface area contributed by atoms with Crippen LogP contribution in [0.5, 0.6) is 0 Å². The van der Waals surface area contributed by atoms with Gasteiger partial charge in [0.15, 0.2) is 5.78 Å². The average molecular weight is 543 g/mol. The normalized spacial score (nSPS) is 36.3. The molecule has 39 heavy (non-hydrogen) atoms. The minimum Gasteiger partial charge on any atom is -0.458 e. The number of aliphatic hydroxyl groups excluding tert-OH is 1. The maximum absolute atomic E-state index is 13.1. The molecule has 0 radical (unpaired) electrons. The highest BCUT2D eigenvalue weighted by Gasteiger charge is 2.82. The largest absolute Gasteiger partial charge is 0.458 e. The molecule has 0 aromatic rings. The van der Waals surface area contributed by atoms with E-state index >= 15 is 0 Å². The number of hydrogen-bond donors (Lipinski definition) is 2. The van der Waals surface area contributed by atoms with E-state index in [1.165, 1.54) is 57.8 Å². The second-order valence-electron chi connectivity index (χ2n) is 13.9. The number of ketones is 1. The van der Waals surface area contributed by atoms with Crippen molar-refractivity contribution in [2.24, 2.45) is 35.0 Å². The zero-order chi connectivity index (χ0) is 28.4. The number of carbonyl (C=O) groups is 2. The Morgan fingerprint density at radius 3 is 2.15 bits per heavy atom. The molecule has 0 spiro atoms. The molecule has 0 aliphatic heterocycles. The van der Waals surface area contributed by atoms with Gasteiger partial charge in [0.05, 0.1) is 12.2 Å². The fraction of sp³-hybridized carbons (Fsp3) is 0.824. The van der Waals surface area contributed by atoms with E-state index in [1.54, 1.807) is 0 Å². The van der Waals surface area contributed by atoms with Crippen LogP contribution >= 0.6 is 0 Å². The number of allylic oxidation sites excluding steroid dienone is 1. The second-order valence-corrected chi connectivity index (χ2v) is 13.9. The lowest BCUT2D eigenvalue weighted by atomic mass is 9.61. The van der Waals surface area contributed by atoms with Crippen LogP contribution in [0.4, 0.5) is 0 Å². The van der Waals surface area contributed by atoms with E-state index in [9.17, 15) is 19.8 Å². The van der Waals surface area contributed by atoms with Crippen molar-refractivity contribution in [3.8, 4) is 0 Å². The van der Waals surface area contributed by atoms with Gasteiger partial charge < -0.3 is 14.9 Å². The van der Waals surface area contributed by atoms with E-state index in [1.807, 2.05) is 19.1 Å². The lowest BCUT2D eigenvalue weighted by Crippen LogP contribution is -2.56. The van der Waals surface area contributed by atoms with E-state index in [2.05, 4.69) is 27.7 Å². The topological polar surface area (TPSA) is 83.8 Å². The number of unbranched alkanes of at least 4 members (excludes halogenated alkanes) is 10. The smallest absolute Gasteiger partial charge is 0.306 e. The van der Waals surface area contributed by atoms with Crippen LogP contribution in [0.1, 0.15) is 125 Å². The summed E-state index contributed by atoms with van der Waals surface area (Å²) >= 11 is 0. The van der Waals surface area contributed by atoms with Gasteiger partial charge in [-0.2, -0.15) is 0 Å². The molecule has 220 valence electrons. The molecule has 0 heterocycles. The Hall–Kier alpha value is -1.46. The van der Waals surface area contributed by atoms with Crippen LogP contribution in [-0.2, 0) is 14.3 Å². The summed E-state index contributed by atoms with van der Waals surface area (Å²) < 4.78 is 6.36. The van der Waals surface area contributed by atoms with Gasteiger partial charge in [0.1, 0.15) is 5.60 Å². The predicted octanol–water partition coefficient (Wildman–Crippen LogP) is 7.10. The summed E-state index contributed by atoms with van der Waals surface area (Å²) in [7, 11) is 0. The summed E-state index contributed by atoms with van der Waals surface area (Å²) in [5, 5.41) is 22.5. The summed E-state index contributed by atoms with van der Waals surface area (Å²) in [5.74, 6) is -1.07. The highest BCUT2D eigenvalue weighted by atomic mass is 16.6. The van der Waals surface area contributed by atoms with Crippen LogP contribution in [-0.4, -0.2) is 39.8 Å². The summed E-state index contributed by atoms with van der Waals surface area (Å²) in [5.41, 5.74) is -0.439. The van der Waals surface area contributed by atoms with E-state index in [4.69, 9.17) is 4.74 Å². The van der Waals surface area contributed by atoms with E-state index in [0.717, 1.165) is 18.4 Å². The van der Waals surface area contributed by atoms with Crippen LogP contribution in [0.15, 0.2) is 23.3 Å². The second kappa shape index (κ2) is 12.2. The standard InChI is InChI=1S/C34H54O5/c1-6-7-8-9-10-11-12-13-14-15-16-17-29(36)39-33-21-24(3)34(38)27-18-23(2)30(37)26(27)19-25(22-35)20-28(34)31(33)32(33,4)5/h18,20,24,26-28,31,35,38H,6-17,19,21-22H2,1-5H3/t24-,26?,27-,28?,31+,33+,34+/m1/s1. The van der Waals surface area contributed by atoms with Crippen molar-refractivity contribution in [3.05, 3.63) is 23.3 Å². The molecule has 4 aliphatic carbocycles. The Kier molecular flexibility index (Phi) is 9.53. The highest BCUT2D eigenvalue weighted by molar-refractivity contribution is 5.99. The lowest BCUT2D eigenvalue weighted by molar-refractivity contribution is -0.173. The number of rotatable bonds is 14. The number of Topliss-reactive ketones (excluding diaryl/α,β-unsaturated/α-hetero) is 1. The molecule has 5 nitrogen and oxygen atoms in total. The number of fused-ring (bicyclic) bond motifs is 5. The Morgan fingerprint density at radius 1 is 0.974 bits per heavy atom. The molecule has 2 saturated carbocycles. The van der Waals surface area contributed by atoms with Gasteiger partial charge in [-0.15, -0.1) is 0 Å². The molecule has 2 N–H and O–H groups in total. The van der Waals surface area contributed by atoms with Crippen molar-refractivity contribution in [2.75, 3.05) is 6.61 Å². The maximum atomic E-state index is 13.1. The highest BCUT2D eigenvalue weighted by Crippen LogP contribution is 2.76. The Morgan fingerprint density at radius 2 is 1.56 bits per heavy atom. The first-order valence-electron chi connectivity index (χ1n) is 16.0. The fourth-order valence-corrected chi connectivity index (χ4v) is 8.72. The molecule has 5 heteroatoms. The van der Waals surface area contributed by atoms with Gasteiger partial charge in [0, 0.05) is 35.5 Å². The van der Waals surface area contributed by atoms with Crippen molar-refractivity contribution in [2.45, 2.75) is 136 Å². The molecule has 7 atom stereocenters. The third kappa shape index (κ3) is 5.56. The maximum Gasteiger partial charge on any atom is 0.306 e. The third-order valence-corrected chi connectivity index (χ3v) is 11.1. The first-order valence-corrected chi connectivity index (χ1v) is 16.0. The van der Waals surface area contributed by atoms with Crippen LogP contribution in [0.25, 0.3) is 0 Å². The fourth-order valence-electron chi connectivity index (χ4n) is 8.72. The van der Waals surface area contributed by atoms with Crippen LogP contribution in [0, 0.1) is 35.0 Å². The summed E-state index contributed by atoms with van der Waals surface area (Å²) in [6, 6.07) is 0. The van der Waals surface area contributed by atoms with Crippen molar-refractivity contribution >= 4 is 11.8 Å². The minimum absolute atomic E-state index is 0.0304. The first kappa shape index (κ1) is 30.5. The molecule has 2 fully saturated rings. The molecule has 2 unspecified atom stereocenters. The Bertz CT molecular complexity index is 963. The van der Waals surface area contributed by atoms with Gasteiger partial charge in [-0.1, -0.05) is 104 Å². The van der Waals surface area contributed by atoms with Crippen molar-refractivity contribution < 1.29 is 24.5 Å². The van der Waals surface area contributed by atoms with Crippen LogP contribution in [0.2, 0.25) is 0 Å². The Labute approximate surface area is 236 Å². The molecule has 0 bridgehead atoms. The SMILES string of the molecule is CCCCCCCCCCCCCC(=O)O[C@@]12C[C@@H](C)[C@@]3(O)C(C=C(CO)CC4C(=O)C(C)=C[C@H]43)[C@H]1C2(C)C. The van der Waals surface area contributed by atoms with Gasteiger partial charge in [-0.05, 0) is 43.3 Å².